The molecule has 35 heavy (non-hydrogen) atoms. The molecule has 184 valence electrons. The number of hydrogen-bond acceptors (Lipinski definition) is 6. The number of alkyl halides is 3. The van der Waals surface area contributed by atoms with E-state index in [0.29, 0.717) is 30.1 Å². The maximum absolute atomic E-state index is 13.7. The molecule has 11 heteroatoms. The van der Waals surface area contributed by atoms with Crippen molar-refractivity contribution in [2.75, 3.05) is 23.7 Å². The Labute approximate surface area is 200 Å². The first-order chi connectivity index (χ1) is 16.7. The molecule has 0 saturated carbocycles. The third-order valence-corrected chi connectivity index (χ3v) is 6.56. The number of fused-ring (bicyclic) bond motifs is 1. The molecule has 2 atom stereocenters. The molecule has 2 aliphatic rings. The Morgan fingerprint density at radius 1 is 1.23 bits per heavy atom. The van der Waals surface area contributed by atoms with Crippen LogP contribution in [0.4, 0.5) is 24.8 Å². The summed E-state index contributed by atoms with van der Waals surface area (Å²) in [6, 6.07) is 6.64. The van der Waals surface area contributed by atoms with Crippen LogP contribution < -0.4 is 16.0 Å². The topological polar surface area (TPSA) is 102 Å². The number of carbonyl (C=O) groups excluding carboxylic acids is 1. The first-order valence-electron chi connectivity index (χ1n) is 11.6. The van der Waals surface area contributed by atoms with Crippen molar-refractivity contribution >= 4 is 17.5 Å². The molecule has 0 unspecified atom stereocenters. The number of anilines is 2. The van der Waals surface area contributed by atoms with Gasteiger partial charge in [0.05, 0.1) is 18.2 Å². The second-order valence-electron chi connectivity index (χ2n) is 9.29. The van der Waals surface area contributed by atoms with Gasteiger partial charge in [0, 0.05) is 31.2 Å². The van der Waals surface area contributed by atoms with Gasteiger partial charge in [-0.05, 0) is 48.4 Å². The average molecular weight is 486 g/mol. The highest BCUT2D eigenvalue weighted by Crippen LogP contribution is 2.33. The normalized spacial score (nSPS) is 19.7. The fourth-order valence-electron chi connectivity index (χ4n) is 4.77. The third kappa shape index (κ3) is 4.80. The summed E-state index contributed by atoms with van der Waals surface area (Å²) < 4.78 is 42.3. The molecule has 4 heterocycles. The van der Waals surface area contributed by atoms with Crippen LogP contribution in [0.1, 0.15) is 58.7 Å². The van der Waals surface area contributed by atoms with Crippen molar-refractivity contribution in [3.63, 3.8) is 0 Å². The van der Waals surface area contributed by atoms with E-state index < -0.39 is 29.4 Å². The molecule has 3 aromatic rings. The molecule has 3 N–H and O–H groups in total. The van der Waals surface area contributed by atoms with E-state index in [4.69, 9.17) is 5.73 Å². The lowest BCUT2D eigenvalue weighted by atomic mass is 10.1. The summed E-state index contributed by atoms with van der Waals surface area (Å²) in [4.78, 5) is 23.8. The van der Waals surface area contributed by atoms with Crippen LogP contribution >= 0.6 is 0 Å². The highest BCUT2D eigenvalue weighted by atomic mass is 19.4. The summed E-state index contributed by atoms with van der Waals surface area (Å²) in [5, 5.41) is 6.41. The quantitative estimate of drug-likeness (QED) is 0.573. The summed E-state index contributed by atoms with van der Waals surface area (Å²) >= 11 is 0. The van der Waals surface area contributed by atoms with E-state index in [2.05, 4.69) is 32.2 Å². The van der Waals surface area contributed by atoms with E-state index in [1.165, 1.54) is 0 Å². The van der Waals surface area contributed by atoms with Crippen molar-refractivity contribution in [2.24, 2.45) is 5.92 Å². The summed E-state index contributed by atoms with van der Waals surface area (Å²) in [5.74, 6) is 1.00. The number of nitrogens with one attached hydrogen (secondary N) is 1. The number of rotatable bonds is 5. The zero-order valence-corrected chi connectivity index (χ0v) is 19.2. The zero-order chi connectivity index (χ0) is 24.7. The first-order valence-corrected chi connectivity index (χ1v) is 11.6. The number of hydrogen-bond donors (Lipinski definition) is 2. The number of pyridine rings is 2. The first kappa shape index (κ1) is 23.1. The highest BCUT2D eigenvalue weighted by Gasteiger charge is 2.40. The van der Waals surface area contributed by atoms with Gasteiger partial charge in [0.15, 0.2) is 5.69 Å². The molecule has 1 aliphatic heterocycles. The fraction of sp³-hybridized carbons (Fsp3) is 0.417. The molecule has 1 saturated heterocycles. The molecule has 1 fully saturated rings. The van der Waals surface area contributed by atoms with Crippen LogP contribution in [0, 0.1) is 5.92 Å². The Kier molecular flexibility index (Phi) is 5.86. The second kappa shape index (κ2) is 8.86. The van der Waals surface area contributed by atoms with Crippen LogP contribution in [-0.4, -0.2) is 38.7 Å². The van der Waals surface area contributed by atoms with E-state index in [1.807, 2.05) is 12.1 Å². The number of aromatic nitrogens is 4. The SMILES string of the molecule is C[C@H]1CCN(c2ccc(Cn3cc(C(=O)N[C@@H]4CCc5nc(N)ccc54)c(C(F)(F)F)n3)cn2)C1. The molecule has 8 nitrogen and oxygen atoms in total. The van der Waals surface area contributed by atoms with Crippen molar-refractivity contribution in [1.82, 2.24) is 25.1 Å². The second-order valence-corrected chi connectivity index (χ2v) is 9.29. The third-order valence-electron chi connectivity index (χ3n) is 6.56. The standard InChI is InChI=1S/C24H26F3N7O/c1-14-8-9-33(11-14)21-7-2-15(10-29-21)12-34-13-17(22(32-34)24(25,26)27)23(35)31-19-5-4-18-16(19)3-6-20(28)30-18/h2-3,6-7,10,13-14,19H,4-5,8-9,11-12H2,1H3,(H2,28,30)(H,31,35)/t14-,19+/m0/s1. The van der Waals surface area contributed by atoms with Crippen LogP contribution in [0.25, 0.3) is 0 Å². The van der Waals surface area contributed by atoms with Gasteiger partial charge in [-0.2, -0.15) is 18.3 Å². The van der Waals surface area contributed by atoms with E-state index >= 15 is 0 Å². The molecule has 1 aliphatic carbocycles. The minimum Gasteiger partial charge on any atom is -0.384 e. The summed E-state index contributed by atoms with van der Waals surface area (Å²) in [7, 11) is 0. The van der Waals surface area contributed by atoms with Gasteiger partial charge < -0.3 is 16.0 Å². The molecule has 5 rings (SSSR count). The molecular weight excluding hydrogens is 459 g/mol. The van der Waals surface area contributed by atoms with Crippen molar-refractivity contribution in [2.45, 2.75) is 44.9 Å². The summed E-state index contributed by atoms with van der Waals surface area (Å²) in [6.45, 7) is 4.13. The predicted molar refractivity (Wildman–Crippen MR) is 124 cm³/mol. The minimum absolute atomic E-state index is 0.0650. The Morgan fingerprint density at radius 2 is 2.06 bits per heavy atom. The Hall–Kier alpha value is -3.63. The smallest absolute Gasteiger partial charge is 0.384 e. The van der Waals surface area contributed by atoms with Crippen molar-refractivity contribution in [3.05, 3.63) is 64.7 Å². The van der Waals surface area contributed by atoms with Crippen molar-refractivity contribution in [1.29, 1.82) is 0 Å². The lowest BCUT2D eigenvalue weighted by Crippen LogP contribution is -2.28. The van der Waals surface area contributed by atoms with E-state index in [1.54, 1.807) is 18.3 Å². The predicted octanol–water partition coefficient (Wildman–Crippen LogP) is 3.59. The number of aryl methyl sites for hydroxylation is 1. The van der Waals surface area contributed by atoms with Crippen LogP contribution in [0.2, 0.25) is 0 Å². The number of nitrogen functional groups attached to an aromatic ring is 1. The molecule has 3 aromatic heterocycles. The van der Waals surface area contributed by atoms with E-state index in [0.717, 1.165) is 47.5 Å². The average Bonchev–Trinajstić information content (AvgIpc) is 3.53. The molecular formula is C24H26F3N7O. The van der Waals surface area contributed by atoms with Gasteiger partial charge in [0.25, 0.3) is 5.91 Å². The van der Waals surface area contributed by atoms with Gasteiger partial charge in [-0.15, -0.1) is 0 Å². The number of carbonyl (C=O) groups is 1. The Bertz CT molecular complexity index is 1240. The van der Waals surface area contributed by atoms with Crippen LogP contribution in [-0.2, 0) is 19.1 Å². The largest absolute Gasteiger partial charge is 0.435 e. The van der Waals surface area contributed by atoms with Crippen molar-refractivity contribution < 1.29 is 18.0 Å². The van der Waals surface area contributed by atoms with Gasteiger partial charge in [0.2, 0.25) is 0 Å². The van der Waals surface area contributed by atoms with Gasteiger partial charge in [-0.1, -0.05) is 19.1 Å². The molecule has 1 amide bonds. The Morgan fingerprint density at radius 3 is 2.74 bits per heavy atom. The highest BCUT2D eigenvalue weighted by molar-refractivity contribution is 5.95. The van der Waals surface area contributed by atoms with Crippen LogP contribution in [0.15, 0.2) is 36.7 Å². The van der Waals surface area contributed by atoms with Crippen molar-refractivity contribution in [3.8, 4) is 0 Å². The van der Waals surface area contributed by atoms with E-state index in [9.17, 15) is 18.0 Å². The fourth-order valence-corrected chi connectivity index (χ4v) is 4.77. The molecule has 0 spiro atoms. The lowest BCUT2D eigenvalue weighted by molar-refractivity contribution is -0.141. The molecule has 0 aromatic carbocycles. The van der Waals surface area contributed by atoms with Gasteiger partial charge in [0.1, 0.15) is 11.6 Å². The summed E-state index contributed by atoms with van der Waals surface area (Å²) in [6.07, 6.45) is 0.262. The van der Waals surface area contributed by atoms with Gasteiger partial charge in [-0.25, -0.2) is 9.97 Å². The maximum Gasteiger partial charge on any atom is 0.435 e. The summed E-state index contributed by atoms with van der Waals surface area (Å²) in [5.41, 5.74) is 6.20. The van der Waals surface area contributed by atoms with Gasteiger partial charge >= 0.3 is 6.18 Å². The van der Waals surface area contributed by atoms with Crippen LogP contribution in [0.5, 0.6) is 0 Å². The minimum atomic E-state index is -4.77. The van der Waals surface area contributed by atoms with Gasteiger partial charge in [-0.3, -0.25) is 9.48 Å². The lowest BCUT2D eigenvalue weighted by Gasteiger charge is -2.17. The van der Waals surface area contributed by atoms with E-state index in [-0.39, 0.29) is 6.54 Å². The number of halogens is 3. The van der Waals surface area contributed by atoms with Crippen LogP contribution in [0.3, 0.4) is 0 Å². The number of nitrogens with zero attached hydrogens (tertiary/aromatic N) is 5. The zero-order valence-electron chi connectivity index (χ0n) is 19.2. The molecule has 0 radical (unpaired) electrons. The number of amides is 1. The monoisotopic (exact) mass is 485 g/mol. The maximum atomic E-state index is 13.7. The Balaban J connectivity index is 1.33. The number of nitrogens with two attached hydrogens (primary N) is 1. The molecule has 0 bridgehead atoms.